The summed E-state index contributed by atoms with van der Waals surface area (Å²) in [6.45, 7) is 6.90. The molecule has 0 aromatic rings. The molecule has 0 fully saturated rings. The van der Waals surface area contributed by atoms with Crippen LogP contribution in [0.1, 0.15) is 316 Å². The molecule has 0 spiro atoms. The number of nitrogens with one attached hydrogen (secondary N) is 1. The van der Waals surface area contributed by atoms with Crippen LogP contribution in [0, 0.1) is 0 Å². The Morgan fingerprint density at radius 3 is 1.23 bits per heavy atom. The van der Waals surface area contributed by atoms with Crippen LogP contribution in [0.4, 0.5) is 0 Å². The summed E-state index contributed by atoms with van der Waals surface area (Å²) in [6.07, 6.45) is 75.3. The highest BCUT2D eigenvalue weighted by atomic mass is 31.2. The van der Waals surface area contributed by atoms with Crippen LogP contribution < -0.4 is 5.32 Å². The lowest BCUT2D eigenvalue weighted by atomic mass is 10.0. The van der Waals surface area contributed by atoms with E-state index in [4.69, 9.17) is 13.8 Å². The fourth-order valence-corrected chi connectivity index (χ4v) is 10.5. The number of phosphoric ester groups is 1. The molecule has 0 rings (SSSR count). The molecule has 1 amide bonds. The number of nitrogens with zero attached hydrogens (tertiary/aromatic N) is 1. The van der Waals surface area contributed by atoms with Crippen LogP contribution in [0.25, 0.3) is 0 Å². The first-order valence-electron chi connectivity index (χ1n) is 33.6. The maximum atomic E-state index is 13.5. The zero-order chi connectivity index (χ0) is 57.9. The van der Waals surface area contributed by atoms with Crippen molar-refractivity contribution < 1.29 is 37.3 Å². The second-order valence-electron chi connectivity index (χ2n) is 24.0. The zero-order valence-corrected chi connectivity index (χ0v) is 53.8. The molecule has 0 aromatic heterocycles. The van der Waals surface area contributed by atoms with Crippen molar-refractivity contribution in [2.45, 2.75) is 328 Å². The number of ether oxygens (including phenoxy) is 1. The Morgan fingerprint density at radius 1 is 0.456 bits per heavy atom. The highest BCUT2D eigenvalue weighted by Gasteiger charge is 2.30. The van der Waals surface area contributed by atoms with Gasteiger partial charge >= 0.3 is 13.8 Å². The van der Waals surface area contributed by atoms with Gasteiger partial charge < -0.3 is 19.4 Å². The minimum Gasteiger partial charge on any atom is -0.456 e. The van der Waals surface area contributed by atoms with E-state index in [9.17, 15) is 19.0 Å². The van der Waals surface area contributed by atoms with Gasteiger partial charge in [-0.25, -0.2) is 4.57 Å². The summed E-state index contributed by atoms with van der Waals surface area (Å²) in [6, 6.07) is -0.860. The number of hydrogen-bond acceptors (Lipinski definition) is 6. The Hall–Kier alpha value is -2.29. The van der Waals surface area contributed by atoms with Crippen LogP contribution in [0.15, 0.2) is 60.8 Å². The Balaban J connectivity index is 5.01. The van der Waals surface area contributed by atoms with Crippen molar-refractivity contribution in [2.24, 2.45) is 0 Å². The molecule has 0 aliphatic rings. The summed E-state index contributed by atoms with van der Waals surface area (Å²) in [5, 5.41) is 3.05. The molecule has 0 saturated heterocycles. The summed E-state index contributed by atoms with van der Waals surface area (Å²) in [7, 11) is 1.49. The summed E-state index contributed by atoms with van der Waals surface area (Å²) >= 11 is 0. The first-order valence-corrected chi connectivity index (χ1v) is 35.1. The van der Waals surface area contributed by atoms with Crippen molar-refractivity contribution in [3.8, 4) is 0 Å². The molecule has 9 nitrogen and oxygen atoms in total. The molecular formula is C69H130N2O7P+. The molecule has 2 N–H and O–H groups in total. The van der Waals surface area contributed by atoms with Crippen LogP contribution in [0.2, 0.25) is 0 Å². The molecule has 10 heteroatoms. The van der Waals surface area contributed by atoms with E-state index in [0.29, 0.717) is 17.4 Å². The minimum absolute atomic E-state index is 0.0355. The number of carbonyl (C=O) groups excluding carboxylic acids is 2. The van der Waals surface area contributed by atoms with Gasteiger partial charge in [0.25, 0.3) is 0 Å². The summed E-state index contributed by atoms with van der Waals surface area (Å²) in [5.74, 6) is -0.522. The van der Waals surface area contributed by atoms with E-state index in [-0.39, 0.29) is 31.5 Å². The van der Waals surface area contributed by atoms with Gasteiger partial charge in [0, 0.05) is 12.8 Å². The molecular weight excluding hydrogens is 1000 g/mol. The number of allylic oxidation sites excluding steroid dienone is 9. The monoisotopic (exact) mass is 1130 g/mol. The number of esters is 1. The van der Waals surface area contributed by atoms with Crippen molar-refractivity contribution in [1.82, 2.24) is 5.32 Å². The minimum atomic E-state index is -4.45. The lowest BCUT2D eigenvalue weighted by molar-refractivity contribution is -0.870. The average molecular weight is 1130 g/mol. The van der Waals surface area contributed by atoms with Crippen molar-refractivity contribution in [1.29, 1.82) is 0 Å². The highest BCUT2D eigenvalue weighted by Crippen LogP contribution is 2.43. The predicted octanol–water partition coefficient (Wildman–Crippen LogP) is 21.0. The van der Waals surface area contributed by atoms with Gasteiger partial charge in [-0.2, -0.15) is 0 Å². The van der Waals surface area contributed by atoms with Gasteiger partial charge in [0.2, 0.25) is 5.91 Å². The van der Waals surface area contributed by atoms with Crippen molar-refractivity contribution in [2.75, 3.05) is 40.9 Å². The third kappa shape index (κ3) is 60.1. The van der Waals surface area contributed by atoms with Crippen LogP contribution in [-0.2, 0) is 27.9 Å². The van der Waals surface area contributed by atoms with Gasteiger partial charge in [-0.3, -0.25) is 18.6 Å². The third-order valence-corrected chi connectivity index (χ3v) is 15.9. The second-order valence-corrected chi connectivity index (χ2v) is 25.4. The molecule has 0 radical (unpaired) electrons. The molecule has 0 heterocycles. The van der Waals surface area contributed by atoms with Gasteiger partial charge in [0.1, 0.15) is 19.3 Å². The molecule has 0 bridgehead atoms. The molecule has 3 unspecified atom stereocenters. The van der Waals surface area contributed by atoms with E-state index in [1.165, 1.54) is 193 Å². The van der Waals surface area contributed by atoms with Gasteiger partial charge in [-0.1, -0.05) is 275 Å². The van der Waals surface area contributed by atoms with E-state index in [1.54, 1.807) is 0 Å². The molecule has 0 aromatic carbocycles. The number of rotatable bonds is 61. The van der Waals surface area contributed by atoms with Crippen LogP contribution in [-0.4, -0.2) is 74.3 Å². The van der Waals surface area contributed by atoms with Crippen LogP contribution in [0.5, 0.6) is 0 Å². The third-order valence-electron chi connectivity index (χ3n) is 14.9. The number of likely N-dealkylation sites (N-methyl/N-ethyl adjacent to an activating group) is 1. The first kappa shape index (κ1) is 76.7. The number of phosphoric acid groups is 1. The molecule has 0 aliphatic heterocycles. The zero-order valence-electron chi connectivity index (χ0n) is 52.9. The molecule has 3 atom stereocenters. The van der Waals surface area contributed by atoms with Crippen molar-refractivity contribution in [3.05, 3.63) is 60.8 Å². The quantitative estimate of drug-likeness (QED) is 0.0205. The van der Waals surface area contributed by atoms with Crippen molar-refractivity contribution in [3.63, 3.8) is 0 Å². The first-order chi connectivity index (χ1) is 38.4. The number of quaternary nitrogens is 1. The maximum Gasteiger partial charge on any atom is 0.472 e. The van der Waals surface area contributed by atoms with E-state index in [2.05, 4.69) is 74.7 Å². The fraction of sp³-hybridized carbons (Fsp3) is 0.826. The van der Waals surface area contributed by atoms with E-state index in [1.807, 2.05) is 33.3 Å². The van der Waals surface area contributed by atoms with Gasteiger partial charge in [0.05, 0.1) is 33.8 Å². The normalized spacial score (nSPS) is 14.0. The summed E-state index contributed by atoms with van der Waals surface area (Å²) in [4.78, 5) is 37.7. The second kappa shape index (κ2) is 58.9. The van der Waals surface area contributed by atoms with E-state index in [0.717, 1.165) is 89.9 Å². The van der Waals surface area contributed by atoms with Gasteiger partial charge in [-0.15, -0.1) is 0 Å². The lowest BCUT2D eigenvalue weighted by Gasteiger charge is -2.27. The molecule has 0 saturated carbocycles. The predicted molar refractivity (Wildman–Crippen MR) is 342 cm³/mol. The number of amides is 1. The topological polar surface area (TPSA) is 111 Å². The Kier molecular flexibility index (Phi) is 57.2. The van der Waals surface area contributed by atoms with E-state index >= 15 is 0 Å². The number of hydrogen-bond donors (Lipinski definition) is 2. The molecule has 79 heavy (non-hydrogen) atoms. The van der Waals surface area contributed by atoms with Gasteiger partial charge in [-0.05, 0) is 89.5 Å². The van der Waals surface area contributed by atoms with Crippen LogP contribution in [0.3, 0.4) is 0 Å². The fourth-order valence-electron chi connectivity index (χ4n) is 9.77. The highest BCUT2D eigenvalue weighted by molar-refractivity contribution is 7.47. The Bertz CT molecular complexity index is 1540. The smallest absolute Gasteiger partial charge is 0.456 e. The maximum absolute atomic E-state index is 13.5. The SMILES string of the molecule is CC/C=C/C/C=C/C/C=C/CCCCCCC(=O)NC(COP(=O)(O)OCC[N+](C)(C)C)C(/C=C\CCCCCCCCCCCC)OC(=O)CCCCCCCCCCCCCCCCCCC/C=C/CCCCCCCC. The Labute approximate surface area is 490 Å². The largest absolute Gasteiger partial charge is 0.472 e. The van der Waals surface area contributed by atoms with Crippen molar-refractivity contribution >= 4 is 19.7 Å². The summed E-state index contributed by atoms with van der Waals surface area (Å²) in [5.41, 5.74) is 0. The number of carbonyl (C=O) groups is 2. The van der Waals surface area contributed by atoms with Gasteiger partial charge in [0.15, 0.2) is 0 Å². The summed E-state index contributed by atoms with van der Waals surface area (Å²) < 4.78 is 30.7. The molecule has 462 valence electrons. The standard InChI is InChI=1S/C69H129N2O7P/c1-7-10-13-16-19-22-25-28-30-31-32-33-34-35-36-37-38-39-40-41-42-44-47-50-53-56-59-62-69(73)78-67(60-57-54-51-48-45-27-24-21-18-15-12-9-3)66(65-77-79(74,75)76-64-63-71(4,5)6)70-68(72)61-58-55-52-49-46-43-29-26-23-20-17-14-11-8-2/h11,14,20,23,28-30,43,57,60,66-67H,7-10,12-13,15-19,21-22,24-27,31-42,44-56,58-59,61-65H2,1-6H3,(H-,70,72,74,75)/p+1/b14-11+,23-20+,30-28+,43-29+,60-57-. The number of unbranched alkanes of at least 4 members (excludes halogenated alkanes) is 37. The average Bonchev–Trinajstić information content (AvgIpc) is 3.41. The molecule has 0 aliphatic carbocycles. The Morgan fingerprint density at radius 2 is 0.810 bits per heavy atom. The lowest BCUT2D eigenvalue weighted by Crippen LogP contribution is -2.47. The van der Waals surface area contributed by atoms with E-state index < -0.39 is 20.0 Å². The van der Waals surface area contributed by atoms with Crippen LogP contribution >= 0.6 is 7.82 Å².